The van der Waals surface area contributed by atoms with Gasteiger partial charge in [-0.3, -0.25) is 0 Å². The fourth-order valence-corrected chi connectivity index (χ4v) is 4.16. The monoisotopic (exact) mass is 354 g/mol. The van der Waals surface area contributed by atoms with E-state index in [1.54, 1.807) is 6.08 Å². The summed E-state index contributed by atoms with van der Waals surface area (Å²) >= 11 is 0. The summed E-state index contributed by atoms with van der Waals surface area (Å²) in [6.45, 7) is 0.648. The van der Waals surface area contributed by atoms with Gasteiger partial charge in [0.25, 0.3) is 0 Å². The van der Waals surface area contributed by atoms with Crippen LogP contribution >= 0.6 is 0 Å². The number of halogens is 3. The van der Waals surface area contributed by atoms with Crippen LogP contribution in [-0.2, 0) is 23.8 Å². The first-order chi connectivity index (χ1) is 10.7. The molecule has 0 aromatic heterocycles. The van der Waals surface area contributed by atoms with Gasteiger partial charge in [-0.05, 0) is 25.3 Å². The third-order valence-corrected chi connectivity index (χ3v) is 5.61. The Hall–Kier alpha value is -1.06. The van der Waals surface area contributed by atoms with Gasteiger partial charge < -0.3 is 13.7 Å². The van der Waals surface area contributed by atoms with E-state index in [2.05, 4.69) is 4.18 Å². The lowest BCUT2D eigenvalue weighted by molar-refractivity contribution is -0.250. The molecule has 2 aliphatic carbocycles. The normalized spacial score (nSPS) is 30.7. The first-order valence-corrected chi connectivity index (χ1v) is 8.79. The summed E-state index contributed by atoms with van der Waals surface area (Å²) < 4.78 is 77.0. The molecule has 0 N–H and O–H groups in total. The van der Waals surface area contributed by atoms with Gasteiger partial charge in [0, 0.05) is 6.42 Å². The van der Waals surface area contributed by atoms with Crippen LogP contribution in [0, 0.1) is 5.41 Å². The molecule has 2 fully saturated rings. The van der Waals surface area contributed by atoms with E-state index in [1.807, 2.05) is 0 Å². The van der Waals surface area contributed by atoms with Gasteiger partial charge in [-0.25, -0.2) is 0 Å². The molecular formula is C14H17F3O5S. The Bertz CT molecular complexity index is 631. The van der Waals surface area contributed by atoms with Gasteiger partial charge in [-0.2, -0.15) is 21.6 Å². The minimum atomic E-state index is -5.73. The van der Waals surface area contributed by atoms with Gasteiger partial charge >= 0.3 is 15.6 Å². The van der Waals surface area contributed by atoms with Crippen molar-refractivity contribution in [1.29, 1.82) is 0 Å². The Morgan fingerprint density at radius 3 is 2.43 bits per heavy atom. The van der Waals surface area contributed by atoms with Crippen molar-refractivity contribution in [3.05, 3.63) is 24.0 Å². The van der Waals surface area contributed by atoms with Gasteiger partial charge in [0.15, 0.2) is 5.79 Å². The van der Waals surface area contributed by atoms with E-state index < -0.39 is 26.8 Å². The van der Waals surface area contributed by atoms with Crippen LogP contribution in [0.25, 0.3) is 0 Å². The molecule has 130 valence electrons. The van der Waals surface area contributed by atoms with Crippen LogP contribution in [0.1, 0.15) is 32.1 Å². The summed E-state index contributed by atoms with van der Waals surface area (Å²) in [6.07, 6.45) is 7.30. The minimum absolute atomic E-state index is 0.251. The topological polar surface area (TPSA) is 61.8 Å². The van der Waals surface area contributed by atoms with Crippen molar-refractivity contribution < 1.29 is 35.2 Å². The molecule has 1 saturated heterocycles. The quantitative estimate of drug-likeness (QED) is 0.564. The van der Waals surface area contributed by atoms with Crippen LogP contribution < -0.4 is 0 Å². The maximum atomic E-state index is 12.7. The standard InChI is InChI=1S/C14H17F3O5S/c15-14(16,17)23(18,19)22-11-5-1-2-6-12(11)7-3-4-8-13(12)20-9-10-21-13/h1-2,5H,3-4,6-10H2. The van der Waals surface area contributed by atoms with Crippen molar-refractivity contribution in [3.63, 3.8) is 0 Å². The van der Waals surface area contributed by atoms with Gasteiger partial charge in [0.1, 0.15) is 5.76 Å². The largest absolute Gasteiger partial charge is 0.534 e. The zero-order valence-corrected chi connectivity index (χ0v) is 13.1. The fourth-order valence-electron chi connectivity index (χ4n) is 3.62. The first kappa shape index (κ1) is 16.8. The molecule has 3 aliphatic rings. The van der Waals surface area contributed by atoms with Crippen LogP contribution in [0.2, 0.25) is 0 Å². The molecule has 1 aliphatic heterocycles. The summed E-state index contributed by atoms with van der Waals surface area (Å²) in [6, 6.07) is 0. The summed E-state index contributed by atoms with van der Waals surface area (Å²) in [4.78, 5) is 0. The summed E-state index contributed by atoms with van der Waals surface area (Å²) in [5, 5.41) is 0. The number of hydrogen-bond donors (Lipinski definition) is 0. The smallest absolute Gasteiger partial charge is 0.380 e. The Morgan fingerprint density at radius 1 is 1.13 bits per heavy atom. The number of allylic oxidation sites excluding steroid dienone is 3. The lowest BCUT2D eigenvalue weighted by Gasteiger charge is -2.50. The number of alkyl halides is 3. The average molecular weight is 354 g/mol. The van der Waals surface area contributed by atoms with E-state index in [9.17, 15) is 21.6 Å². The van der Waals surface area contributed by atoms with Crippen LogP contribution in [0.15, 0.2) is 24.0 Å². The Balaban J connectivity index is 2.00. The number of fused-ring (bicyclic) bond motifs is 1. The first-order valence-electron chi connectivity index (χ1n) is 7.39. The molecule has 3 rings (SSSR count). The second-order valence-corrected chi connectivity index (χ2v) is 7.42. The van der Waals surface area contributed by atoms with Gasteiger partial charge in [0.2, 0.25) is 0 Å². The van der Waals surface area contributed by atoms with Crippen molar-refractivity contribution in [2.75, 3.05) is 13.2 Å². The molecule has 5 nitrogen and oxygen atoms in total. The summed E-state index contributed by atoms with van der Waals surface area (Å²) in [7, 11) is -5.73. The Morgan fingerprint density at radius 2 is 1.78 bits per heavy atom. The highest BCUT2D eigenvalue weighted by molar-refractivity contribution is 7.87. The molecule has 0 aromatic carbocycles. The lowest BCUT2D eigenvalue weighted by atomic mass is 9.64. The Kier molecular flexibility index (Phi) is 4.01. The summed E-state index contributed by atoms with van der Waals surface area (Å²) in [5.74, 6) is -1.37. The Labute approximate surface area is 132 Å². The van der Waals surface area contributed by atoms with Crippen LogP contribution in [0.3, 0.4) is 0 Å². The maximum Gasteiger partial charge on any atom is 0.534 e. The molecule has 1 heterocycles. The van der Waals surface area contributed by atoms with E-state index in [-0.39, 0.29) is 5.76 Å². The SMILES string of the molecule is O=S(=O)(OC1=CC=CCC12CCCCC21OCCO1)C(F)(F)F. The minimum Gasteiger partial charge on any atom is -0.380 e. The number of hydrogen-bond acceptors (Lipinski definition) is 5. The number of ether oxygens (including phenoxy) is 2. The fraction of sp³-hybridized carbons (Fsp3) is 0.714. The summed E-state index contributed by atoms with van der Waals surface area (Å²) in [5.41, 5.74) is -6.52. The van der Waals surface area contributed by atoms with Crippen LogP contribution in [-0.4, -0.2) is 32.9 Å². The molecule has 0 bridgehead atoms. The third kappa shape index (κ3) is 2.58. The maximum absolute atomic E-state index is 12.7. The highest BCUT2D eigenvalue weighted by Gasteiger charge is 2.61. The molecule has 0 radical (unpaired) electrons. The van der Waals surface area contributed by atoms with Crippen molar-refractivity contribution in [1.82, 2.24) is 0 Å². The molecule has 23 heavy (non-hydrogen) atoms. The second-order valence-electron chi connectivity index (χ2n) is 5.89. The van der Waals surface area contributed by atoms with Gasteiger partial charge in [-0.1, -0.05) is 18.6 Å². The van der Waals surface area contributed by atoms with E-state index in [0.717, 1.165) is 12.8 Å². The van der Waals surface area contributed by atoms with E-state index in [1.165, 1.54) is 12.2 Å². The van der Waals surface area contributed by atoms with Crippen LogP contribution in [0.5, 0.6) is 0 Å². The predicted molar refractivity (Wildman–Crippen MR) is 73.4 cm³/mol. The molecule has 9 heteroatoms. The molecule has 0 amide bonds. The molecule has 1 unspecified atom stereocenters. The zero-order chi connectivity index (χ0) is 16.8. The third-order valence-electron chi connectivity index (χ3n) is 4.65. The van der Waals surface area contributed by atoms with Crippen molar-refractivity contribution >= 4 is 10.1 Å². The van der Waals surface area contributed by atoms with E-state index in [0.29, 0.717) is 32.5 Å². The highest BCUT2D eigenvalue weighted by Crippen LogP contribution is 2.57. The van der Waals surface area contributed by atoms with Gasteiger partial charge in [0.05, 0.1) is 18.6 Å². The van der Waals surface area contributed by atoms with Crippen molar-refractivity contribution in [3.8, 4) is 0 Å². The van der Waals surface area contributed by atoms with Crippen LogP contribution in [0.4, 0.5) is 13.2 Å². The number of rotatable bonds is 2. The average Bonchev–Trinajstić information content (AvgIpc) is 2.93. The van der Waals surface area contributed by atoms with Gasteiger partial charge in [-0.15, -0.1) is 0 Å². The second kappa shape index (κ2) is 5.49. The molecule has 0 aromatic rings. The predicted octanol–water partition coefficient (Wildman–Crippen LogP) is 3.00. The van der Waals surface area contributed by atoms with Crippen molar-refractivity contribution in [2.45, 2.75) is 43.4 Å². The molecule has 2 spiro atoms. The van der Waals surface area contributed by atoms with E-state index >= 15 is 0 Å². The van der Waals surface area contributed by atoms with Crippen molar-refractivity contribution in [2.24, 2.45) is 5.41 Å². The highest BCUT2D eigenvalue weighted by atomic mass is 32.2. The lowest BCUT2D eigenvalue weighted by Crippen LogP contribution is -2.54. The molecular weight excluding hydrogens is 337 g/mol. The van der Waals surface area contributed by atoms with E-state index in [4.69, 9.17) is 9.47 Å². The zero-order valence-electron chi connectivity index (χ0n) is 12.3. The molecule has 1 saturated carbocycles. The molecule has 1 atom stereocenters.